The minimum absolute atomic E-state index is 0.0543. The summed E-state index contributed by atoms with van der Waals surface area (Å²) in [6, 6.07) is 11.7. The number of aliphatic hydroxyl groups is 1. The molecule has 27 heavy (non-hydrogen) atoms. The van der Waals surface area contributed by atoms with Gasteiger partial charge in [0.25, 0.3) is 5.91 Å². The molecular weight excluding hydrogens is 340 g/mol. The summed E-state index contributed by atoms with van der Waals surface area (Å²) in [5.74, 6) is -0.0850. The molecule has 3 aromatic rings. The van der Waals surface area contributed by atoms with Crippen molar-refractivity contribution >= 4 is 16.9 Å². The molecule has 0 aliphatic carbocycles. The summed E-state index contributed by atoms with van der Waals surface area (Å²) in [6.07, 6.45) is 1.89. The molecule has 0 fully saturated rings. The Bertz CT molecular complexity index is 934. The lowest BCUT2D eigenvalue weighted by Gasteiger charge is -2.22. The second kappa shape index (κ2) is 8.31. The summed E-state index contributed by atoms with van der Waals surface area (Å²) < 4.78 is 1.72. The zero-order chi connectivity index (χ0) is 19.4. The van der Waals surface area contributed by atoms with E-state index in [4.69, 9.17) is 4.98 Å². The van der Waals surface area contributed by atoms with Gasteiger partial charge in [0, 0.05) is 25.7 Å². The Labute approximate surface area is 159 Å². The van der Waals surface area contributed by atoms with Crippen LogP contribution in [0.15, 0.2) is 36.4 Å². The minimum atomic E-state index is -0.0850. The molecule has 1 N–H and O–H groups in total. The number of aromatic nitrogens is 3. The molecule has 2 heterocycles. The van der Waals surface area contributed by atoms with E-state index in [9.17, 15) is 9.90 Å². The number of amides is 1. The van der Waals surface area contributed by atoms with Gasteiger partial charge >= 0.3 is 0 Å². The highest BCUT2D eigenvalue weighted by molar-refractivity contribution is 6.07. The van der Waals surface area contributed by atoms with E-state index in [-0.39, 0.29) is 12.5 Å². The summed E-state index contributed by atoms with van der Waals surface area (Å²) in [5, 5.41) is 14.7. The van der Waals surface area contributed by atoms with Crippen LogP contribution in [0.25, 0.3) is 22.3 Å². The van der Waals surface area contributed by atoms with Crippen molar-refractivity contribution in [2.75, 3.05) is 19.7 Å². The zero-order valence-electron chi connectivity index (χ0n) is 16.1. The summed E-state index contributed by atoms with van der Waals surface area (Å²) in [6.45, 7) is 4.87. The first kappa shape index (κ1) is 19.0. The number of unbranched alkanes of at least 4 members (excludes halogenated alkanes) is 1. The van der Waals surface area contributed by atoms with Gasteiger partial charge in [-0.2, -0.15) is 5.10 Å². The zero-order valence-corrected chi connectivity index (χ0v) is 16.1. The van der Waals surface area contributed by atoms with Crippen LogP contribution in [0.5, 0.6) is 0 Å². The van der Waals surface area contributed by atoms with E-state index in [0.29, 0.717) is 24.3 Å². The van der Waals surface area contributed by atoms with Crippen molar-refractivity contribution in [2.45, 2.75) is 26.7 Å². The predicted molar refractivity (Wildman–Crippen MR) is 107 cm³/mol. The number of carbonyl (C=O) groups is 1. The van der Waals surface area contributed by atoms with Crippen molar-refractivity contribution in [3.63, 3.8) is 0 Å². The van der Waals surface area contributed by atoms with Crippen LogP contribution in [-0.4, -0.2) is 50.4 Å². The van der Waals surface area contributed by atoms with E-state index in [2.05, 4.69) is 12.0 Å². The molecule has 0 atom stereocenters. The Morgan fingerprint density at radius 3 is 2.63 bits per heavy atom. The molecule has 142 valence electrons. The van der Waals surface area contributed by atoms with Gasteiger partial charge in [0.1, 0.15) is 0 Å². The molecule has 0 unspecified atom stereocenters. The Morgan fingerprint density at radius 1 is 1.22 bits per heavy atom. The number of hydrogen-bond donors (Lipinski definition) is 1. The van der Waals surface area contributed by atoms with Crippen LogP contribution < -0.4 is 0 Å². The van der Waals surface area contributed by atoms with E-state index in [1.807, 2.05) is 50.4 Å². The van der Waals surface area contributed by atoms with Crippen LogP contribution in [0.1, 0.15) is 35.8 Å². The van der Waals surface area contributed by atoms with Gasteiger partial charge < -0.3 is 10.0 Å². The molecule has 0 radical (unpaired) electrons. The highest BCUT2D eigenvalue weighted by Crippen LogP contribution is 2.27. The number of rotatable bonds is 7. The third kappa shape index (κ3) is 3.85. The molecule has 6 heteroatoms. The lowest BCUT2D eigenvalue weighted by Crippen LogP contribution is -2.34. The summed E-state index contributed by atoms with van der Waals surface area (Å²) in [5.41, 5.74) is 3.76. The largest absolute Gasteiger partial charge is 0.395 e. The summed E-state index contributed by atoms with van der Waals surface area (Å²) in [7, 11) is 1.84. The van der Waals surface area contributed by atoms with Gasteiger partial charge in [-0.05, 0) is 19.4 Å². The monoisotopic (exact) mass is 366 g/mol. The fourth-order valence-electron chi connectivity index (χ4n) is 3.33. The van der Waals surface area contributed by atoms with Crippen molar-refractivity contribution in [1.29, 1.82) is 0 Å². The maximum Gasteiger partial charge on any atom is 0.254 e. The average molecular weight is 366 g/mol. The van der Waals surface area contributed by atoms with Gasteiger partial charge in [-0.1, -0.05) is 43.7 Å². The molecule has 1 aromatic carbocycles. The molecule has 6 nitrogen and oxygen atoms in total. The first-order chi connectivity index (χ1) is 13.1. The number of carbonyl (C=O) groups excluding carboxylic acids is 1. The van der Waals surface area contributed by atoms with Crippen molar-refractivity contribution in [3.8, 4) is 11.3 Å². The van der Waals surface area contributed by atoms with Crippen LogP contribution in [0.2, 0.25) is 0 Å². The van der Waals surface area contributed by atoms with Crippen LogP contribution in [0.4, 0.5) is 0 Å². The maximum absolute atomic E-state index is 13.3. The number of hydrogen-bond acceptors (Lipinski definition) is 4. The quantitative estimate of drug-likeness (QED) is 0.697. The molecule has 2 aromatic heterocycles. The first-order valence-corrected chi connectivity index (χ1v) is 9.36. The Balaban J connectivity index is 2.16. The molecule has 0 saturated carbocycles. The van der Waals surface area contributed by atoms with Crippen molar-refractivity contribution < 1.29 is 9.90 Å². The molecule has 0 aliphatic heterocycles. The number of aryl methyl sites for hydroxylation is 2. The van der Waals surface area contributed by atoms with Gasteiger partial charge in [0.15, 0.2) is 5.65 Å². The van der Waals surface area contributed by atoms with Gasteiger partial charge in [0.05, 0.1) is 28.9 Å². The number of nitrogens with zero attached hydrogens (tertiary/aromatic N) is 4. The lowest BCUT2D eigenvalue weighted by molar-refractivity contribution is 0.0721. The molecule has 1 amide bonds. The van der Waals surface area contributed by atoms with E-state index < -0.39 is 0 Å². The minimum Gasteiger partial charge on any atom is -0.395 e. The van der Waals surface area contributed by atoms with Crippen LogP contribution in [0, 0.1) is 6.92 Å². The summed E-state index contributed by atoms with van der Waals surface area (Å²) >= 11 is 0. The molecule has 3 rings (SSSR count). The molecular formula is C21H26N4O2. The SMILES string of the molecule is CCCCN(CCO)C(=O)c1cc(-c2ccccc2)nc2c1c(C)nn2C. The molecule has 0 bridgehead atoms. The van der Waals surface area contributed by atoms with Crippen LogP contribution >= 0.6 is 0 Å². The van der Waals surface area contributed by atoms with Gasteiger partial charge in [-0.15, -0.1) is 0 Å². The molecule has 0 saturated heterocycles. The van der Waals surface area contributed by atoms with Crippen LogP contribution in [0.3, 0.4) is 0 Å². The number of benzene rings is 1. The third-order valence-corrected chi connectivity index (χ3v) is 4.71. The van der Waals surface area contributed by atoms with Gasteiger partial charge in [0.2, 0.25) is 0 Å². The fourth-order valence-corrected chi connectivity index (χ4v) is 3.33. The topological polar surface area (TPSA) is 71.2 Å². The fraction of sp³-hybridized carbons (Fsp3) is 0.381. The van der Waals surface area contributed by atoms with Crippen LogP contribution in [-0.2, 0) is 7.05 Å². The van der Waals surface area contributed by atoms with E-state index in [1.54, 1.807) is 9.58 Å². The molecule has 0 spiro atoms. The Hall–Kier alpha value is -2.73. The smallest absolute Gasteiger partial charge is 0.254 e. The second-order valence-electron chi connectivity index (χ2n) is 6.70. The standard InChI is InChI=1S/C21H26N4O2/c1-4-5-11-25(12-13-26)21(27)17-14-18(16-9-7-6-8-10-16)22-20-19(17)15(2)23-24(20)3/h6-10,14,26H,4-5,11-13H2,1-3H3. The van der Waals surface area contributed by atoms with Crippen molar-refractivity contribution in [2.24, 2.45) is 7.05 Å². The maximum atomic E-state index is 13.3. The third-order valence-electron chi connectivity index (χ3n) is 4.71. The Kier molecular flexibility index (Phi) is 5.86. The number of fused-ring (bicyclic) bond motifs is 1. The molecule has 0 aliphatic rings. The lowest BCUT2D eigenvalue weighted by atomic mass is 10.0. The highest BCUT2D eigenvalue weighted by atomic mass is 16.3. The number of aliphatic hydroxyl groups excluding tert-OH is 1. The average Bonchev–Trinajstić information content (AvgIpc) is 2.98. The van der Waals surface area contributed by atoms with Gasteiger partial charge in [-0.25, -0.2) is 4.98 Å². The second-order valence-corrected chi connectivity index (χ2v) is 6.70. The van der Waals surface area contributed by atoms with E-state index >= 15 is 0 Å². The van der Waals surface area contributed by atoms with Crippen molar-refractivity contribution in [1.82, 2.24) is 19.7 Å². The normalized spacial score (nSPS) is 11.1. The highest BCUT2D eigenvalue weighted by Gasteiger charge is 2.23. The van der Waals surface area contributed by atoms with Gasteiger partial charge in [-0.3, -0.25) is 9.48 Å². The predicted octanol–water partition coefficient (Wildman–Crippen LogP) is 3.18. The van der Waals surface area contributed by atoms with E-state index in [0.717, 1.165) is 35.2 Å². The Morgan fingerprint density at radius 2 is 1.96 bits per heavy atom. The van der Waals surface area contributed by atoms with Crippen molar-refractivity contribution in [3.05, 3.63) is 47.7 Å². The number of pyridine rings is 1. The summed E-state index contributed by atoms with van der Waals surface area (Å²) in [4.78, 5) is 19.8. The first-order valence-electron chi connectivity index (χ1n) is 9.36. The van der Waals surface area contributed by atoms with E-state index in [1.165, 1.54) is 0 Å².